The summed E-state index contributed by atoms with van der Waals surface area (Å²) in [5.74, 6) is -1.58. The SMILES string of the molecule is COC(=O)CC[C@H](NC(=O)c1ccc(CCn2cnc3[nH]c(C)cc3c2=NO)cc1)C(=O)OC. The summed E-state index contributed by atoms with van der Waals surface area (Å²) >= 11 is 0. The standard InChI is InChI=1S/C23H27N5O6/c1-14-12-17-20(25-14)24-13-28(21(17)27-32)11-10-15-4-6-16(7-5-15)22(30)26-18(23(31)34-3)8-9-19(29)33-2/h4-7,12-13,18,25,32H,8-11H2,1-3H3,(H,26,30)/t18-/m0/s1. The largest absolute Gasteiger partial charge is 0.469 e. The first-order valence-electron chi connectivity index (χ1n) is 10.6. The molecule has 3 aromatic rings. The molecule has 11 heteroatoms. The van der Waals surface area contributed by atoms with Crippen LogP contribution in [0.2, 0.25) is 0 Å². The summed E-state index contributed by atoms with van der Waals surface area (Å²) in [4.78, 5) is 43.4. The number of hydrogen-bond donors (Lipinski definition) is 3. The van der Waals surface area contributed by atoms with Crippen LogP contribution in [0.1, 0.15) is 34.5 Å². The molecule has 0 aliphatic rings. The maximum Gasteiger partial charge on any atom is 0.328 e. The zero-order valence-corrected chi connectivity index (χ0v) is 19.2. The molecule has 0 saturated carbocycles. The van der Waals surface area contributed by atoms with Gasteiger partial charge in [-0.05, 0) is 43.5 Å². The molecule has 0 aliphatic heterocycles. The highest BCUT2D eigenvalue weighted by Crippen LogP contribution is 2.10. The number of methoxy groups -OCH3 is 2. The van der Waals surface area contributed by atoms with Crippen LogP contribution in [0.4, 0.5) is 0 Å². The van der Waals surface area contributed by atoms with Crippen LogP contribution >= 0.6 is 0 Å². The molecule has 1 amide bonds. The van der Waals surface area contributed by atoms with Gasteiger partial charge >= 0.3 is 11.9 Å². The van der Waals surface area contributed by atoms with Crippen molar-refractivity contribution in [3.63, 3.8) is 0 Å². The summed E-state index contributed by atoms with van der Waals surface area (Å²) in [6.07, 6.45) is 2.25. The highest BCUT2D eigenvalue weighted by atomic mass is 16.5. The second-order valence-corrected chi connectivity index (χ2v) is 7.69. The third kappa shape index (κ3) is 5.80. The van der Waals surface area contributed by atoms with Gasteiger partial charge in [0.25, 0.3) is 5.91 Å². The van der Waals surface area contributed by atoms with Gasteiger partial charge in [0.1, 0.15) is 11.7 Å². The average Bonchev–Trinajstić information content (AvgIpc) is 3.24. The molecule has 3 N–H and O–H groups in total. The summed E-state index contributed by atoms with van der Waals surface area (Å²) in [5.41, 5.74) is 3.28. The fourth-order valence-corrected chi connectivity index (χ4v) is 3.53. The molecule has 2 aromatic heterocycles. The maximum absolute atomic E-state index is 12.6. The van der Waals surface area contributed by atoms with Crippen molar-refractivity contribution in [2.45, 2.75) is 38.8 Å². The Balaban J connectivity index is 1.65. The number of nitrogens with one attached hydrogen (secondary N) is 2. The average molecular weight is 469 g/mol. The molecule has 0 aliphatic carbocycles. The molecule has 1 atom stereocenters. The Morgan fingerprint density at radius 3 is 2.59 bits per heavy atom. The normalized spacial score (nSPS) is 12.4. The molecule has 3 rings (SSSR count). The van der Waals surface area contributed by atoms with Crippen LogP contribution in [0.15, 0.2) is 41.8 Å². The van der Waals surface area contributed by atoms with Crippen molar-refractivity contribution in [2.24, 2.45) is 5.16 Å². The lowest BCUT2D eigenvalue weighted by molar-refractivity contribution is -0.144. The number of rotatable bonds is 9. The molecule has 180 valence electrons. The zero-order valence-electron chi connectivity index (χ0n) is 19.2. The minimum atomic E-state index is -0.965. The smallest absolute Gasteiger partial charge is 0.328 e. The van der Waals surface area contributed by atoms with Gasteiger partial charge in [-0.15, -0.1) is 0 Å². The molecule has 0 fully saturated rings. The van der Waals surface area contributed by atoms with Crippen LogP contribution in [-0.4, -0.2) is 57.8 Å². The highest BCUT2D eigenvalue weighted by molar-refractivity contribution is 5.96. The molecule has 0 saturated heterocycles. The number of aromatic nitrogens is 3. The molecule has 0 unspecified atom stereocenters. The number of carbonyl (C=O) groups excluding carboxylic acids is 3. The summed E-state index contributed by atoms with van der Waals surface area (Å²) in [7, 11) is 2.47. The van der Waals surface area contributed by atoms with Gasteiger partial charge in [0.05, 0.1) is 25.9 Å². The predicted molar refractivity (Wildman–Crippen MR) is 121 cm³/mol. The van der Waals surface area contributed by atoms with Crippen molar-refractivity contribution in [1.82, 2.24) is 19.9 Å². The highest BCUT2D eigenvalue weighted by Gasteiger charge is 2.23. The Morgan fingerprint density at radius 2 is 1.94 bits per heavy atom. The van der Waals surface area contributed by atoms with E-state index in [1.807, 2.05) is 13.0 Å². The summed E-state index contributed by atoms with van der Waals surface area (Å²) in [6.45, 7) is 2.41. The van der Waals surface area contributed by atoms with Crippen LogP contribution in [-0.2, 0) is 32.0 Å². The van der Waals surface area contributed by atoms with Gasteiger partial charge in [0, 0.05) is 24.2 Å². The molecular formula is C23H27N5O6. The third-order valence-corrected chi connectivity index (χ3v) is 5.38. The van der Waals surface area contributed by atoms with Gasteiger partial charge in [-0.3, -0.25) is 9.59 Å². The molecule has 34 heavy (non-hydrogen) atoms. The summed E-state index contributed by atoms with van der Waals surface area (Å²) in [6, 6.07) is 7.82. The maximum atomic E-state index is 12.6. The monoisotopic (exact) mass is 469 g/mol. The first kappa shape index (κ1) is 24.5. The number of amides is 1. The molecule has 11 nitrogen and oxygen atoms in total. The Bertz CT molecular complexity index is 1240. The van der Waals surface area contributed by atoms with Crippen molar-refractivity contribution in [3.8, 4) is 0 Å². The Morgan fingerprint density at radius 1 is 1.21 bits per heavy atom. The number of fused-ring (bicyclic) bond motifs is 1. The van der Waals surface area contributed by atoms with E-state index in [0.29, 0.717) is 29.7 Å². The molecule has 0 spiro atoms. The van der Waals surface area contributed by atoms with E-state index in [0.717, 1.165) is 16.6 Å². The number of H-pyrrole nitrogens is 1. The van der Waals surface area contributed by atoms with Crippen molar-refractivity contribution >= 4 is 28.9 Å². The molecule has 0 radical (unpaired) electrons. The third-order valence-electron chi connectivity index (χ3n) is 5.38. The number of esters is 2. The first-order valence-corrected chi connectivity index (χ1v) is 10.6. The second-order valence-electron chi connectivity index (χ2n) is 7.69. The number of nitrogens with zero attached hydrogens (tertiary/aromatic N) is 3. The van der Waals surface area contributed by atoms with Crippen LogP contribution < -0.4 is 10.8 Å². The lowest BCUT2D eigenvalue weighted by Crippen LogP contribution is -2.41. The van der Waals surface area contributed by atoms with Crippen molar-refractivity contribution in [1.29, 1.82) is 0 Å². The number of hydrogen-bond acceptors (Lipinski definition) is 8. The van der Waals surface area contributed by atoms with Crippen molar-refractivity contribution in [3.05, 3.63) is 59.0 Å². The van der Waals surface area contributed by atoms with E-state index < -0.39 is 23.9 Å². The van der Waals surface area contributed by atoms with Crippen LogP contribution in [0.25, 0.3) is 11.0 Å². The Kier molecular flexibility index (Phi) is 8.01. The fourth-order valence-electron chi connectivity index (χ4n) is 3.53. The van der Waals surface area contributed by atoms with E-state index in [1.165, 1.54) is 14.2 Å². The van der Waals surface area contributed by atoms with E-state index in [1.54, 1.807) is 35.2 Å². The molecule has 1 aromatic carbocycles. The van der Waals surface area contributed by atoms with E-state index >= 15 is 0 Å². The topological polar surface area (TPSA) is 148 Å². The van der Waals surface area contributed by atoms with Gasteiger partial charge < -0.3 is 29.5 Å². The Labute approximate surface area is 195 Å². The van der Waals surface area contributed by atoms with Gasteiger partial charge in [0.15, 0.2) is 5.49 Å². The molecule has 0 bridgehead atoms. The van der Waals surface area contributed by atoms with Gasteiger partial charge in [0.2, 0.25) is 0 Å². The van der Waals surface area contributed by atoms with Crippen molar-refractivity contribution < 1.29 is 29.1 Å². The quantitative estimate of drug-likeness (QED) is 0.244. The van der Waals surface area contributed by atoms with Gasteiger partial charge in [-0.1, -0.05) is 17.3 Å². The minimum Gasteiger partial charge on any atom is -0.469 e. The number of benzene rings is 1. The lowest BCUT2D eigenvalue weighted by atomic mass is 10.1. The minimum absolute atomic E-state index is 0.0295. The van der Waals surface area contributed by atoms with Gasteiger partial charge in [-0.25, -0.2) is 9.78 Å². The van der Waals surface area contributed by atoms with Crippen LogP contribution in [0.5, 0.6) is 0 Å². The first-order chi connectivity index (χ1) is 16.4. The van der Waals surface area contributed by atoms with Crippen LogP contribution in [0, 0.1) is 6.92 Å². The number of carbonyl (C=O) groups is 3. The van der Waals surface area contributed by atoms with E-state index in [9.17, 15) is 19.6 Å². The van der Waals surface area contributed by atoms with Crippen molar-refractivity contribution in [2.75, 3.05) is 14.2 Å². The fraction of sp³-hybridized carbons (Fsp3) is 0.348. The Hall–Kier alpha value is -4.15. The zero-order chi connectivity index (χ0) is 24.7. The van der Waals surface area contributed by atoms with E-state index in [2.05, 4.69) is 25.2 Å². The second kappa shape index (κ2) is 11.1. The lowest BCUT2D eigenvalue weighted by Gasteiger charge is -2.16. The summed E-state index contributed by atoms with van der Waals surface area (Å²) in [5, 5.41) is 16.2. The van der Waals surface area contributed by atoms with Gasteiger partial charge in [-0.2, -0.15) is 0 Å². The van der Waals surface area contributed by atoms with E-state index in [4.69, 9.17) is 4.74 Å². The molecular weight excluding hydrogens is 442 g/mol. The predicted octanol–water partition coefficient (Wildman–Crippen LogP) is 1.43. The van der Waals surface area contributed by atoms with Crippen LogP contribution in [0.3, 0.4) is 0 Å². The number of ether oxygens (including phenoxy) is 2. The number of aryl methyl sites for hydroxylation is 3. The summed E-state index contributed by atoms with van der Waals surface area (Å²) < 4.78 is 11.0. The number of aromatic amines is 1. The molecule has 2 heterocycles. The van der Waals surface area contributed by atoms with E-state index in [-0.39, 0.29) is 12.8 Å².